The van der Waals surface area contributed by atoms with Crippen LogP contribution in [0.4, 0.5) is 9.52 Å². The van der Waals surface area contributed by atoms with E-state index in [1.807, 2.05) is 24.3 Å². The number of benzene rings is 2. The molecule has 0 saturated carbocycles. The molecular weight excluding hydrogens is 421 g/mol. The summed E-state index contributed by atoms with van der Waals surface area (Å²) in [7, 11) is 0. The van der Waals surface area contributed by atoms with Gasteiger partial charge in [0.25, 0.3) is 5.91 Å². The molecule has 1 amide bonds. The normalized spacial score (nSPS) is 15.2. The number of piperazine rings is 1. The van der Waals surface area contributed by atoms with Crippen molar-refractivity contribution in [3.63, 3.8) is 0 Å². The van der Waals surface area contributed by atoms with E-state index in [1.54, 1.807) is 11.6 Å². The second-order valence-corrected chi connectivity index (χ2v) is 9.10. The zero-order chi connectivity index (χ0) is 20.5. The van der Waals surface area contributed by atoms with Crippen molar-refractivity contribution in [1.82, 2.24) is 20.2 Å². The van der Waals surface area contributed by atoms with Crippen LogP contribution in [-0.2, 0) is 0 Å². The van der Waals surface area contributed by atoms with Crippen molar-refractivity contribution in [2.45, 2.75) is 0 Å². The number of anilines is 1. The maximum absolute atomic E-state index is 13.9. The van der Waals surface area contributed by atoms with Gasteiger partial charge >= 0.3 is 0 Å². The molecule has 0 atom stereocenters. The van der Waals surface area contributed by atoms with E-state index in [0.29, 0.717) is 17.6 Å². The molecule has 30 heavy (non-hydrogen) atoms. The third-order valence-corrected chi connectivity index (χ3v) is 7.18. The fourth-order valence-corrected chi connectivity index (χ4v) is 5.38. The van der Waals surface area contributed by atoms with Gasteiger partial charge in [0.2, 0.25) is 0 Å². The third-order valence-electron chi connectivity index (χ3n) is 5.31. The first kappa shape index (κ1) is 19.3. The lowest BCUT2D eigenvalue weighted by Gasteiger charge is -2.34. The zero-order valence-corrected chi connectivity index (χ0v) is 17.8. The van der Waals surface area contributed by atoms with E-state index < -0.39 is 0 Å². The first-order valence-electron chi connectivity index (χ1n) is 9.81. The van der Waals surface area contributed by atoms with Crippen LogP contribution < -0.4 is 10.2 Å². The fourth-order valence-electron chi connectivity index (χ4n) is 3.63. The smallest absolute Gasteiger partial charge is 0.251 e. The molecule has 1 saturated heterocycles. The average molecular weight is 442 g/mol. The molecule has 0 aliphatic carbocycles. The van der Waals surface area contributed by atoms with Crippen molar-refractivity contribution in [2.75, 3.05) is 44.2 Å². The van der Waals surface area contributed by atoms with Gasteiger partial charge in [-0.05, 0) is 30.3 Å². The highest BCUT2D eigenvalue weighted by atomic mass is 32.1. The SMILES string of the molecule is O=C(NCCN1CCN(c2nc3c(F)cccc3s2)CC1)c1ccc2ncsc2c1. The van der Waals surface area contributed by atoms with Crippen LogP contribution in [0.5, 0.6) is 0 Å². The van der Waals surface area contributed by atoms with Crippen LogP contribution in [0.2, 0.25) is 0 Å². The van der Waals surface area contributed by atoms with E-state index in [0.717, 1.165) is 52.8 Å². The van der Waals surface area contributed by atoms with Gasteiger partial charge in [0, 0.05) is 44.8 Å². The van der Waals surface area contributed by atoms with Gasteiger partial charge in [-0.15, -0.1) is 11.3 Å². The monoisotopic (exact) mass is 441 g/mol. The summed E-state index contributed by atoms with van der Waals surface area (Å²) in [5, 5.41) is 3.88. The summed E-state index contributed by atoms with van der Waals surface area (Å²) in [4.78, 5) is 25.7. The molecule has 4 aromatic rings. The number of hydrogen-bond donors (Lipinski definition) is 1. The van der Waals surface area contributed by atoms with Gasteiger partial charge < -0.3 is 10.2 Å². The zero-order valence-electron chi connectivity index (χ0n) is 16.2. The Kier molecular flexibility index (Phi) is 5.32. The average Bonchev–Trinajstić information content (AvgIpc) is 3.41. The number of fused-ring (bicyclic) bond motifs is 2. The lowest BCUT2D eigenvalue weighted by molar-refractivity contribution is 0.0948. The Morgan fingerprint density at radius 3 is 2.83 bits per heavy atom. The Bertz CT molecular complexity index is 1200. The summed E-state index contributed by atoms with van der Waals surface area (Å²) >= 11 is 3.07. The number of amides is 1. The second kappa shape index (κ2) is 8.25. The lowest BCUT2D eigenvalue weighted by Crippen LogP contribution is -2.48. The Labute approximate surface area is 181 Å². The number of aromatic nitrogens is 2. The fraction of sp³-hybridized carbons (Fsp3) is 0.286. The standard InChI is InChI=1S/C21H20FN5OS2/c22-15-2-1-3-17-19(15)25-21(30-17)27-10-8-26(9-11-27)7-6-23-20(28)14-4-5-16-18(12-14)29-13-24-16/h1-5,12-13H,6-11H2,(H,23,28). The number of carbonyl (C=O) groups is 1. The van der Waals surface area contributed by atoms with Crippen molar-refractivity contribution < 1.29 is 9.18 Å². The molecule has 1 aliphatic heterocycles. The number of carbonyl (C=O) groups excluding carboxylic acids is 1. The Hall–Kier alpha value is -2.62. The van der Waals surface area contributed by atoms with Crippen LogP contribution >= 0.6 is 22.7 Å². The van der Waals surface area contributed by atoms with Crippen molar-refractivity contribution in [3.05, 3.63) is 53.3 Å². The van der Waals surface area contributed by atoms with Crippen LogP contribution in [0.3, 0.4) is 0 Å². The number of nitrogens with zero attached hydrogens (tertiary/aromatic N) is 4. The first-order valence-corrected chi connectivity index (χ1v) is 11.5. The minimum absolute atomic E-state index is 0.0551. The predicted molar refractivity (Wildman–Crippen MR) is 120 cm³/mol. The predicted octanol–water partition coefficient (Wildman–Crippen LogP) is 3.60. The van der Waals surface area contributed by atoms with E-state index in [2.05, 4.69) is 25.1 Å². The van der Waals surface area contributed by atoms with Gasteiger partial charge in [-0.25, -0.2) is 14.4 Å². The largest absolute Gasteiger partial charge is 0.351 e. The van der Waals surface area contributed by atoms with Crippen molar-refractivity contribution in [2.24, 2.45) is 0 Å². The first-order chi connectivity index (χ1) is 14.7. The number of rotatable bonds is 5. The van der Waals surface area contributed by atoms with Gasteiger partial charge in [0.15, 0.2) is 5.13 Å². The van der Waals surface area contributed by atoms with Gasteiger partial charge in [0.1, 0.15) is 11.3 Å². The highest BCUT2D eigenvalue weighted by molar-refractivity contribution is 7.22. The topological polar surface area (TPSA) is 61.4 Å². The molecule has 0 spiro atoms. The highest BCUT2D eigenvalue weighted by Crippen LogP contribution is 2.30. The van der Waals surface area contributed by atoms with Crippen LogP contribution in [0.25, 0.3) is 20.4 Å². The molecule has 1 fully saturated rings. The van der Waals surface area contributed by atoms with Gasteiger partial charge in [-0.3, -0.25) is 9.69 Å². The Morgan fingerprint density at radius 2 is 2.00 bits per heavy atom. The molecule has 0 bridgehead atoms. The second-order valence-electron chi connectivity index (χ2n) is 7.20. The summed E-state index contributed by atoms with van der Waals surface area (Å²) in [6, 6.07) is 10.7. The summed E-state index contributed by atoms with van der Waals surface area (Å²) in [5.74, 6) is -0.320. The summed E-state index contributed by atoms with van der Waals surface area (Å²) in [5.41, 5.74) is 3.83. The molecule has 5 rings (SSSR count). The van der Waals surface area contributed by atoms with Gasteiger partial charge in [0.05, 0.1) is 20.4 Å². The molecule has 6 nitrogen and oxygen atoms in total. The number of hydrogen-bond acceptors (Lipinski definition) is 7. The molecule has 154 valence electrons. The van der Waals surface area contributed by atoms with E-state index >= 15 is 0 Å². The highest BCUT2D eigenvalue weighted by Gasteiger charge is 2.20. The van der Waals surface area contributed by atoms with E-state index in [9.17, 15) is 9.18 Å². The molecule has 1 N–H and O–H groups in total. The molecule has 2 aromatic heterocycles. The van der Waals surface area contributed by atoms with Crippen molar-refractivity contribution in [3.8, 4) is 0 Å². The Balaban J connectivity index is 1.12. The van der Waals surface area contributed by atoms with E-state index in [4.69, 9.17) is 0 Å². The van der Waals surface area contributed by atoms with Gasteiger partial charge in [-0.1, -0.05) is 17.4 Å². The van der Waals surface area contributed by atoms with Crippen LogP contribution in [-0.4, -0.2) is 60.0 Å². The van der Waals surface area contributed by atoms with Crippen molar-refractivity contribution >= 4 is 54.1 Å². The van der Waals surface area contributed by atoms with Crippen LogP contribution in [0, 0.1) is 5.82 Å². The van der Waals surface area contributed by atoms with E-state index in [-0.39, 0.29) is 11.7 Å². The molecule has 3 heterocycles. The number of halogens is 1. The number of para-hydroxylation sites is 1. The number of thiazole rings is 2. The summed E-state index contributed by atoms with van der Waals surface area (Å²) in [6.07, 6.45) is 0. The maximum atomic E-state index is 13.9. The molecule has 9 heteroatoms. The summed E-state index contributed by atoms with van der Waals surface area (Å²) in [6.45, 7) is 4.87. The van der Waals surface area contributed by atoms with Gasteiger partial charge in [-0.2, -0.15) is 0 Å². The minimum atomic E-state index is -0.265. The van der Waals surface area contributed by atoms with Crippen LogP contribution in [0.1, 0.15) is 10.4 Å². The Morgan fingerprint density at radius 1 is 1.13 bits per heavy atom. The molecular formula is C21H20FN5OS2. The molecule has 0 radical (unpaired) electrons. The quantitative estimate of drug-likeness (QED) is 0.513. The molecule has 0 unspecified atom stereocenters. The third kappa shape index (κ3) is 3.88. The van der Waals surface area contributed by atoms with Crippen molar-refractivity contribution in [1.29, 1.82) is 0 Å². The minimum Gasteiger partial charge on any atom is -0.351 e. The molecule has 1 aliphatic rings. The number of nitrogens with one attached hydrogen (secondary N) is 1. The molecule has 2 aromatic carbocycles. The van der Waals surface area contributed by atoms with E-state index in [1.165, 1.54) is 28.7 Å². The maximum Gasteiger partial charge on any atom is 0.251 e. The summed E-state index contributed by atoms with van der Waals surface area (Å²) < 4.78 is 15.8. The lowest BCUT2D eigenvalue weighted by atomic mass is 10.2. The van der Waals surface area contributed by atoms with Crippen LogP contribution in [0.15, 0.2) is 41.9 Å².